The molecular weight excluding hydrogens is 395 g/mol. The third kappa shape index (κ3) is 4.69. The number of nitro groups is 1. The predicted molar refractivity (Wildman–Crippen MR) is 105 cm³/mol. The van der Waals surface area contributed by atoms with Crippen molar-refractivity contribution in [2.75, 3.05) is 5.32 Å². The lowest BCUT2D eigenvalue weighted by Gasteiger charge is -2.13. The van der Waals surface area contributed by atoms with Crippen molar-refractivity contribution in [1.29, 1.82) is 0 Å². The number of anilines is 1. The molecule has 0 spiro atoms. The van der Waals surface area contributed by atoms with Crippen LogP contribution in [0.1, 0.15) is 23.0 Å². The third-order valence-corrected chi connectivity index (χ3v) is 4.26. The molecule has 1 N–H and O–H groups in total. The second-order valence-electron chi connectivity index (χ2n) is 6.47. The molecule has 1 atom stereocenters. The van der Waals surface area contributed by atoms with Crippen molar-refractivity contribution >= 4 is 23.3 Å². The minimum Gasteiger partial charge on any atom is -0.449 e. The van der Waals surface area contributed by atoms with Crippen LogP contribution in [0.3, 0.4) is 0 Å². The van der Waals surface area contributed by atoms with Crippen LogP contribution in [-0.4, -0.2) is 22.9 Å². The second-order valence-corrected chi connectivity index (χ2v) is 6.47. The van der Waals surface area contributed by atoms with E-state index < -0.39 is 28.7 Å². The van der Waals surface area contributed by atoms with Crippen LogP contribution >= 0.6 is 0 Å². The maximum atomic E-state index is 13.6. The Bertz CT molecular complexity index is 1110. The minimum absolute atomic E-state index is 0.0711. The number of esters is 1. The van der Waals surface area contributed by atoms with Gasteiger partial charge in [-0.15, -0.1) is 0 Å². The molecule has 1 aromatic heterocycles. The molecule has 30 heavy (non-hydrogen) atoms. The quantitative estimate of drug-likeness (QED) is 0.363. The normalized spacial score (nSPS) is 11.6. The number of nitro benzene ring substituents is 1. The number of nitrogens with zero attached hydrogens (tertiary/aromatic N) is 1. The van der Waals surface area contributed by atoms with E-state index in [9.17, 15) is 24.1 Å². The number of aryl methyl sites for hydroxylation is 1. The molecule has 2 aromatic carbocycles. The number of nitrogens with one attached hydrogen (secondary N) is 1. The topological polar surface area (TPSA) is 112 Å². The number of carbonyl (C=O) groups is 2. The van der Waals surface area contributed by atoms with Crippen LogP contribution in [0.2, 0.25) is 0 Å². The van der Waals surface area contributed by atoms with Crippen molar-refractivity contribution in [3.05, 3.63) is 81.9 Å². The van der Waals surface area contributed by atoms with Crippen molar-refractivity contribution in [1.82, 2.24) is 0 Å². The van der Waals surface area contributed by atoms with Crippen molar-refractivity contribution in [2.24, 2.45) is 0 Å². The molecule has 0 unspecified atom stereocenters. The van der Waals surface area contributed by atoms with Crippen LogP contribution in [-0.2, 0) is 9.53 Å². The van der Waals surface area contributed by atoms with Gasteiger partial charge in [-0.1, -0.05) is 6.07 Å². The third-order valence-electron chi connectivity index (χ3n) is 4.26. The van der Waals surface area contributed by atoms with Crippen molar-refractivity contribution in [2.45, 2.75) is 20.0 Å². The summed E-state index contributed by atoms with van der Waals surface area (Å²) < 4.78 is 24.1. The van der Waals surface area contributed by atoms with Gasteiger partial charge >= 0.3 is 5.97 Å². The Morgan fingerprint density at radius 2 is 1.83 bits per heavy atom. The molecule has 154 valence electrons. The fraction of sp³-hybridized carbons (Fsp3) is 0.143. The highest BCUT2D eigenvalue weighted by Crippen LogP contribution is 2.25. The zero-order valence-corrected chi connectivity index (χ0v) is 16.0. The highest BCUT2D eigenvalue weighted by atomic mass is 19.1. The molecule has 0 radical (unpaired) electrons. The molecule has 1 amide bonds. The van der Waals surface area contributed by atoms with Crippen LogP contribution in [0.25, 0.3) is 11.3 Å². The van der Waals surface area contributed by atoms with Crippen LogP contribution in [0.15, 0.2) is 59.0 Å². The molecule has 9 heteroatoms. The lowest BCUT2D eigenvalue weighted by atomic mass is 10.1. The van der Waals surface area contributed by atoms with Gasteiger partial charge in [-0.3, -0.25) is 14.9 Å². The molecule has 8 nitrogen and oxygen atoms in total. The summed E-state index contributed by atoms with van der Waals surface area (Å²) in [5.74, 6) is -1.78. The van der Waals surface area contributed by atoms with E-state index in [1.54, 1.807) is 6.92 Å². The van der Waals surface area contributed by atoms with Gasteiger partial charge in [0.25, 0.3) is 11.6 Å². The molecular formula is C21H17FN2O6. The number of carbonyl (C=O) groups excluding carboxylic acids is 2. The Kier molecular flexibility index (Phi) is 5.91. The number of rotatable bonds is 6. The van der Waals surface area contributed by atoms with Crippen LogP contribution in [0.4, 0.5) is 15.8 Å². The van der Waals surface area contributed by atoms with Gasteiger partial charge < -0.3 is 14.5 Å². The van der Waals surface area contributed by atoms with E-state index in [4.69, 9.17) is 9.15 Å². The summed E-state index contributed by atoms with van der Waals surface area (Å²) in [5, 5.41) is 13.2. The SMILES string of the molecule is Cc1ccc(NC(=O)[C@@H](C)OC(=O)c2ccc(-c3ccc([N+](=O)[O-])cc3)o2)cc1F. The van der Waals surface area contributed by atoms with Crippen molar-refractivity contribution in [3.63, 3.8) is 0 Å². The molecule has 3 rings (SSSR count). The second kappa shape index (κ2) is 8.56. The highest BCUT2D eigenvalue weighted by Gasteiger charge is 2.22. The maximum Gasteiger partial charge on any atom is 0.375 e. The number of ether oxygens (including phenoxy) is 1. The van der Waals surface area contributed by atoms with E-state index >= 15 is 0 Å². The zero-order valence-electron chi connectivity index (χ0n) is 16.0. The van der Waals surface area contributed by atoms with E-state index in [2.05, 4.69) is 5.32 Å². The zero-order chi connectivity index (χ0) is 21.8. The summed E-state index contributed by atoms with van der Waals surface area (Å²) in [5.41, 5.74) is 1.14. The summed E-state index contributed by atoms with van der Waals surface area (Å²) in [6, 6.07) is 12.7. The molecule has 0 aliphatic heterocycles. The fourth-order valence-electron chi connectivity index (χ4n) is 2.54. The Morgan fingerprint density at radius 3 is 2.47 bits per heavy atom. The summed E-state index contributed by atoms with van der Waals surface area (Å²) in [7, 11) is 0. The van der Waals surface area contributed by atoms with Crippen molar-refractivity contribution < 1.29 is 28.1 Å². The van der Waals surface area contributed by atoms with E-state index in [-0.39, 0.29) is 17.1 Å². The first-order valence-electron chi connectivity index (χ1n) is 8.87. The van der Waals surface area contributed by atoms with Crippen molar-refractivity contribution in [3.8, 4) is 11.3 Å². The molecule has 0 saturated carbocycles. The van der Waals surface area contributed by atoms with Gasteiger partial charge in [-0.05, 0) is 55.8 Å². The molecule has 1 heterocycles. The summed E-state index contributed by atoms with van der Waals surface area (Å²) in [6.07, 6.45) is -1.16. The summed E-state index contributed by atoms with van der Waals surface area (Å²) in [4.78, 5) is 34.6. The van der Waals surface area contributed by atoms with E-state index in [1.807, 2.05) is 0 Å². The lowest BCUT2D eigenvalue weighted by Crippen LogP contribution is -2.29. The number of amides is 1. The number of benzene rings is 2. The first-order valence-corrected chi connectivity index (χ1v) is 8.87. The molecule has 0 saturated heterocycles. The number of furan rings is 1. The van der Waals surface area contributed by atoms with E-state index in [0.717, 1.165) is 0 Å². The van der Waals surface area contributed by atoms with E-state index in [0.29, 0.717) is 16.9 Å². The fourth-order valence-corrected chi connectivity index (χ4v) is 2.54. The minimum atomic E-state index is -1.16. The maximum absolute atomic E-state index is 13.6. The lowest BCUT2D eigenvalue weighted by molar-refractivity contribution is -0.384. The Balaban J connectivity index is 1.63. The highest BCUT2D eigenvalue weighted by molar-refractivity contribution is 5.96. The monoisotopic (exact) mass is 412 g/mol. The Morgan fingerprint density at radius 1 is 1.13 bits per heavy atom. The molecule has 3 aromatic rings. The predicted octanol–water partition coefficient (Wildman–Crippen LogP) is 4.49. The van der Waals surface area contributed by atoms with Gasteiger partial charge in [0.1, 0.15) is 11.6 Å². The summed E-state index contributed by atoms with van der Waals surface area (Å²) >= 11 is 0. The number of hydrogen-bond acceptors (Lipinski definition) is 6. The first kappa shape index (κ1) is 20.7. The van der Waals surface area contributed by atoms with Gasteiger partial charge in [0, 0.05) is 23.4 Å². The van der Waals surface area contributed by atoms with Gasteiger partial charge in [0.2, 0.25) is 5.76 Å². The standard InChI is InChI=1S/C21H17FN2O6/c1-12-3-6-15(11-17(12)22)23-20(25)13(2)29-21(26)19-10-9-18(30-19)14-4-7-16(8-5-14)24(27)28/h3-11,13H,1-2H3,(H,23,25)/t13-/m1/s1. The van der Waals surface area contributed by atoms with Gasteiger partial charge in [0.05, 0.1) is 4.92 Å². The van der Waals surface area contributed by atoms with Crippen LogP contribution in [0.5, 0.6) is 0 Å². The smallest absolute Gasteiger partial charge is 0.375 e. The van der Waals surface area contributed by atoms with Gasteiger partial charge in [0.15, 0.2) is 6.10 Å². The molecule has 0 fully saturated rings. The van der Waals surface area contributed by atoms with Crippen LogP contribution in [0, 0.1) is 22.9 Å². The average molecular weight is 412 g/mol. The Hall–Kier alpha value is -4.01. The largest absolute Gasteiger partial charge is 0.449 e. The first-order chi connectivity index (χ1) is 14.2. The van der Waals surface area contributed by atoms with Gasteiger partial charge in [-0.2, -0.15) is 0 Å². The average Bonchev–Trinajstić information content (AvgIpc) is 3.21. The summed E-state index contributed by atoms with van der Waals surface area (Å²) in [6.45, 7) is 2.97. The van der Waals surface area contributed by atoms with Crippen LogP contribution < -0.4 is 5.32 Å². The molecule has 0 bridgehead atoms. The van der Waals surface area contributed by atoms with Gasteiger partial charge in [-0.25, -0.2) is 9.18 Å². The number of halogens is 1. The molecule has 0 aliphatic carbocycles. The number of hydrogen-bond donors (Lipinski definition) is 1. The number of non-ortho nitro benzene ring substituents is 1. The molecule has 0 aliphatic rings. The van der Waals surface area contributed by atoms with E-state index in [1.165, 1.54) is 61.5 Å². The Labute approximate surface area is 170 Å².